The highest BCUT2D eigenvalue weighted by atomic mass is 16.6. The van der Waals surface area contributed by atoms with Crippen molar-refractivity contribution in [3.63, 3.8) is 0 Å². The Morgan fingerprint density at radius 1 is 1.33 bits per heavy atom. The number of aromatic nitrogens is 1. The maximum absolute atomic E-state index is 11.6. The van der Waals surface area contributed by atoms with Crippen LogP contribution in [0.5, 0.6) is 0 Å². The molecular formula is C15H19N3O3. The van der Waals surface area contributed by atoms with E-state index in [1.54, 1.807) is 24.8 Å². The smallest absolute Gasteiger partial charge is 0.413 e. The zero-order valence-corrected chi connectivity index (χ0v) is 12.3. The molecule has 0 fully saturated rings. The number of carbonyl (C=O) groups is 1. The Morgan fingerprint density at radius 2 is 2.14 bits per heavy atom. The van der Waals surface area contributed by atoms with E-state index in [1.807, 2.05) is 32.9 Å². The summed E-state index contributed by atoms with van der Waals surface area (Å²) in [5, 5.41) is 5.78. The topological polar surface area (TPSA) is 76.4 Å². The quantitative estimate of drug-likeness (QED) is 0.898. The van der Waals surface area contributed by atoms with Crippen LogP contribution in [0.1, 0.15) is 26.3 Å². The van der Waals surface area contributed by atoms with E-state index in [4.69, 9.17) is 9.15 Å². The van der Waals surface area contributed by atoms with Gasteiger partial charge in [-0.25, -0.2) is 9.78 Å². The van der Waals surface area contributed by atoms with E-state index in [9.17, 15) is 4.79 Å². The first-order chi connectivity index (χ1) is 9.92. The number of carbonyl (C=O) groups excluding carboxylic acids is 1. The van der Waals surface area contributed by atoms with Crippen LogP contribution in [0.2, 0.25) is 0 Å². The van der Waals surface area contributed by atoms with E-state index < -0.39 is 11.7 Å². The van der Waals surface area contributed by atoms with Gasteiger partial charge in [0.1, 0.15) is 11.4 Å². The van der Waals surface area contributed by atoms with Gasteiger partial charge >= 0.3 is 6.09 Å². The summed E-state index contributed by atoms with van der Waals surface area (Å²) in [7, 11) is 0. The molecule has 0 atom stereocenters. The van der Waals surface area contributed by atoms with Gasteiger partial charge in [-0.1, -0.05) is 0 Å². The number of hydrogen-bond donors (Lipinski definition) is 2. The van der Waals surface area contributed by atoms with Crippen molar-refractivity contribution in [2.45, 2.75) is 32.9 Å². The summed E-state index contributed by atoms with van der Waals surface area (Å²) in [5.74, 6) is 0.443. The summed E-state index contributed by atoms with van der Waals surface area (Å²) >= 11 is 0. The van der Waals surface area contributed by atoms with Crippen LogP contribution in [0.15, 0.2) is 41.3 Å². The van der Waals surface area contributed by atoms with Crippen LogP contribution in [0, 0.1) is 0 Å². The van der Waals surface area contributed by atoms with E-state index in [0.717, 1.165) is 11.3 Å². The third-order valence-corrected chi connectivity index (χ3v) is 2.47. The molecule has 0 aromatic carbocycles. The predicted octanol–water partition coefficient (Wildman–Crippen LogP) is 3.63. The second-order valence-corrected chi connectivity index (χ2v) is 5.54. The standard InChI is InChI=1S/C15H19N3O3/c1-15(2,3)21-14(19)18-13-5-4-12(9-17-13)16-8-11-6-7-20-10-11/h4-7,9-10,16H,8H2,1-3H3,(H,17,18,19). The lowest BCUT2D eigenvalue weighted by Gasteiger charge is -2.19. The lowest BCUT2D eigenvalue weighted by Crippen LogP contribution is -2.27. The van der Waals surface area contributed by atoms with Crippen LogP contribution in [-0.4, -0.2) is 16.7 Å². The molecule has 0 bridgehead atoms. The maximum atomic E-state index is 11.6. The van der Waals surface area contributed by atoms with E-state index in [-0.39, 0.29) is 0 Å². The van der Waals surface area contributed by atoms with Crippen LogP contribution in [-0.2, 0) is 11.3 Å². The maximum Gasteiger partial charge on any atom is 0.413 e. The largest absolute Gasteiger partial charge is 0.472 e. The molecule has 0 aliphatic carbocycles. The Balaban J connectivity index is 1.85. The predicted molar refractivity (Wildman–Crippen MR) is 80.1 cm³/mol. The molecule has 0 aliphatic heterocycles. The molecule has 1 amide bonds. The molecule has 2 N–H and O–H groups in total. The first kappa shape index (κ1) is 14.9. The summed E-state index contributed by atoms with van der Waals surface area (Å²) < 4.78 is 10.1. The molecule has 21 heavy (non-hydrogen) atoms. The van der Waals surface area contributed by atoms with Crippen molar-refractivity contribution in [1.29, 1.82) is 0 Å². The first-order valence-corrected chi connectivity index (χ1v) is 6.63. The lowest BCUT2D eigenvalue weighted by molar-refractivity contribution is 0.0635. The monoisotopic (exact) mass is 289 g/mol. The van der Waals surface area contributed by atoms with Crippen molar-refractivity contribution in [3.05, 3.63) is 42.5 Å². The zero-order chi connectivity index (χ0) is 15.3. The van der Waals surface area contributed by atoms with Gasteiger partial charge in [0, 0.05) is 12.1 Å². The van der Waals surface area contributed by atoms with Crippen LogP contribution >= 0.6 is 0 Å². The zero-order valence-electron chi connectivity index (χ0n) is 12.3. The van der Waals surface area contributed by atoms with Gasteiger partial charge in [0.15, 0.2) is 0 Å². The van der Waals surface area contributed by atoms with E-state index in [1.165, 1.54) is 0 Å². The summed E-state index contributed by atoms with van der Waals surface area (Å²) in [6.07, 6.45) is 4.43. The third kappa shape index (κ3) is 5.18. The van der Waals surface area contributed by atoms with Crippen molar-refractivity contribution in [2.24, 2.45) is 0 Å². The molecule has 2 heterocycles. The normalized spacial score (nSPS) is 11.0. The highest BCUT2D eigenvalue weighted by Gasteiger charge is 2.16. The summed E-state index contributed by atoms with van der Waals surface area (Å²) in [4.78, 5) is 15.7. The van der Waals surface area contributed by atoms with Crippen molar-refractivity contribution < 1.29 is 13.9 Å². The van der Waals surface area contributed by atoms with Crippen LogP contribution in [0.3, 0.4) is 0 Å². The summed E-state index contributed by atoms with van der Waals surface area (Å²) in [6, 6.07) is 5.43. The van der Waals surface area contributed by atoms with Crippen molar-refractivity contribution >= 4 is 17.6 Å². The van der Waals surface area contributed by atoms with Crippen LogP contribution in [0.25, 0.3) is 0 Å². The fourth-order valence-corrected chi connectivity index (χ4v) is 1.58. The number of nitrogens with one attached hydrogen (secondary N) is 2. The fraction of sp³-hybridized carbons (Fsp3) is 0.333. The van der Waals surface area contributed by atoms with E-state index in [0.29, 0.717) is 12.4 Å². The van der Waals surface area contributed by atoms with Gasteiger partial charge in [-0.2, -0.15) is 0 Å². The Morgan fingerprint density at radius 3 is 2.71 bits per heavy atom. The number of hydrogen-bond acceptors (Lipinski definition) is 5. The van der Waals surface area contributed by atoms with E-state index in [2.05, 4.69) is 15.6 Å². The minimum absolute atomic E-state index is 0.443. The van der Waals surface area contributed by atoms with Crippen molar-refractivity contribution in [2.75, 3.05) is 10.6 Å². The highest BCUT2D eigenvalue weighted by molar-refractivity contribution is 5.83. The molecule has 2 rings (SSSR count). The van der Waals surface area contributed by atoms with Gasteiger partial charge in [-0.15, -0.1) is 0 Å². The molecule has 0 saturated heterocycles. The van der Waals surface area contributed by atoms with E-state index >= 15 is 0 Å². The molecule has 0 aliphatic rings. The average molecular weight is 289 g/mol. The van der Waals surface area contributed by atoms with Gasteiger partial charge in [-0.05, 0) is 39.0 Å². The molecule has 0 saturated carbocycles. The number of ether oxygens (including phenoxy) is 1. The highest BCUT2D eigenvalue weighted by Crippen LogP contribution is 2.13. The number of nitrogens with zero attached hydrogens (tertiary/aromatic N) is 1. The molecule has 112 valence electrons. The molecule has 0 unspecified atom stereocenters. The number of amides is 1. The van der Waals surface area contributed by atoms with Gasteiger partial charge in [0.25, 0.3) is 0 Å². The third-order valence-electron chi connectivity index (χ3n) is 2.47. The second kappa shape index (κ2) is 6.30. The number of anilines is 2. The minimum atomic E-state index is -0.532. The van der Waals surface area contributed by atoms with Gasteiger partial charge in [0.05, 0.1) is 24.4 Å². The van der Waals surface area contributed by atoms with Crippen LogP contribution in [0.4, 0.5) is 16.3 Å². The van der Waals surface area contributed by atoms with Gasteiger partial charge < -0.3 is 14.5 Å². The lowest BCUT2D eigenvalue weighted by atomic mass is 10.2. The molecule has 2 aromatic heterocycles. The average Bonchev–Trinajstić information content (AvgIpc) is 2.89. The Labute approximate surface area is 123 Å². The van der Waals surface area contributed by atoms with Crippen molar-refractivity contribution in [3.8, 4) is 0 Å². The fourth-order valence-electron chi connectivity index (χ4n) is 1.58. The minimum Gasteiger partial charge on any atom is -0.472 e. The van der Waals surface area contributed by atoms with Gasteiger partial charge in [0.2, 0.25) is 0 Å². The molecule has 0 spiro atoms. The number of rotatable bonds is 4. The molecule has 2 aromatic rings. The number of pyridine rings is 1. The number of furan rings is 1. The molecule has 6 nitrogen and oxygen atoms in total. The molecule has 0 radical (unpaired) electrons. The molecular weight excluding hydrogens is 270 g/mol. The SMILES string of the molecule is CC(C)(C)OC(=O)Nc1ccc(NCc2ccoc2)cn1. The Bertz CT molecular complexity index is 571. The first-order valence-electron chi connectivity index (χ1n) is 6.63. The van der Waals surface area contributed by atoms with Gasteiger partial charge in [-0.3, -0.25) is 5.32 Å². The Hall–Kier alpha value is -2.50. The second-order valence-electron chi connectivity index (χ2n) is 5.54. The molecule has 6 heteroatoms. The van der Waals surface area contributed by atoms with Crippen LogP contribution < -0.4 is 10.6 Å². The summed E-state index contributed by atoms with van der Waals surface area (Å²) in [6.45, 7) is 6.08. The summed E-state index contributed by atoms with van der Waals surface area (Å²) in [5.41, 5.74) is 1.37. The van der Waals surface area contributed by atoms with Crippen molar-refractivity contribution in [1.82, 2.24) is 4.98 Å². The Kier molecular flexibility index (Phi) is 4.47.